The van der Waals surface area contributed by atoms with Crippen LogP contribution in [0.15, 0.2) is 12.1 Å². The van der Waals surface area contributed by atoms with Gasteiger partial charge in [0.05, 0.1) is 11.0 Å². The smallest absolute Gasteiger partial charge is 0.298 e. The molecule has 2 heterocycles. The molecular weight excluding hydrogens is 312 g/mol. The molecular formula is C13H15FN3O4P. The first kappa shape index (κ1) is 14.3. The highest BCUT2D eigenvalue weighted by atomic mass is 31.2. The van der Waals surface area contributed by atoms with E-state index < -0.39 is 30.2 Å². The maximum absolute atomic E-state index is 14.2. The number of rotatable bonds is 5. The van der Waals surface area contributed by atoms with Crippen molar-refractivity contribution < 1.29 is 18.4 Å². The Morgan fingerprint density at radius 1 is 1.27 bits per heavy atom. The van der Waals surface area contributed by atoms with Gasteiger partial charge < -0.3 is 0 Å². The van der Waals surface area contributed by atoms with Crippen molar-refractivity contribution >= 4 is 13.4 Å². The van der Waals surface area contributed by atoms with Crippen molar-refractivity contribution in [3.63, 3.8) is 0 Å². The standard InChI is InChI=1S/C13H15FN3O4P/c14-13-10-2-4-12(9(10)1-3-11(13)17(18)19)21-22(20,15-5-6-15)16-7-8-16/h1,3,12H,2,4-8H2. The van der Waals surface area contributed by atoms with Crippen LogP contribution in [0.1, 0.15) is 23.7 Å². The SMILES string of the molecule is O=[N+]([O-])c1ccc2c(c1F)CCC2OP(=O)(N1CC1)N1CC1. The second kappa shape index (κ2) is 4.83. The fraction of sp³-hybridized carbons (Fsp3) is 0.538. The number of nitro groups is 1. The van der Waals surface area contributed by atoms with Crippen molar-refractivity contribution in [3.05, 3.63) is 39.2 Å². The van der Waals surface area contributed by atoms with Gasteiger partial charge in [-0.1, -0.05) is 0 Å². The summed E-state index contributed by atoms with van der Waals surface area (Å²) < 4.78 is 36.7. The van der Waals surface area contributed by atoms with Crippen molar-refractivity contribution in [2.45, 2.75) is 18.9 Å². The average Bonchev–Trinajstić information content (AvgIpc) is 3.36. The molecule has 0 aromatic heterocycles. The zero-order valence-corrected chi connectivity index (χ0v) is 12.7. The highest BCUT2D eigenvalue weighted by molar-refractivity contribution is 7.54. The van der Waals surface area contributed by atoms with Crippen LogP contribution >= 0.6 is 7.67 Å². The highest BCUT2D eigenvalue weighted by Crippen LogP contribution is 2.64. The van der Waals surface area contributed by atoms with Gasteiger partial charge in [0.15, 0.2) is 0 Å². The molecule has 0 N–H and O–H groups in total. The molecule has 0 saturated carbocycles. The van der Waals surface area contributed by atoms with Gasteiger partial charge in [-0.25, -0.2) is 9.34 Å². The molecule has 118 valence electrons. The van der Waals surface area contributed by atoms with Gasteiger partial charge in [-0.05, 0) is 24.5 Å². The van der Waals surface area contributed by atoms with Crippen LogP contribution in [0.5, 0.6) is 0 Å². The van der Waals surface area contributed by atoms with Crippen LogP contribution in [0.25, 0.3) is 0 Å². The summed E-state index contributed by atoms with van der Waals surface area (Å²) in [5.41, 5.74) is 0.397. The molecule has 1 aromatic carbocycles. The molecule has 2 fully saturated rings. The van der Waals surface area contributed by atoms with Gasteiger partial charge in [-0.3, -0.25) is 19.2 Å². The zero-order valence-electron chi connectivity index (χ0n) is 11.8. The van der Waals surface area contributed by atoms with Crippen molar-refractivity contribution in [1.29, 1.82) is 0 Å². The van der Waals surface area contributed by atoms with E-state index in [1.807, 2.05) is 0 Å². The molecule has 7 nitrogen and oxygen atoms in total. The van der Waals surface area contributed by atoms with Gasteiger partial charge in [0, 0.05) is 37.8 Å². The topological polar surface area (TPSA) is 75.5 Å². The Kier molecular flexibility index (Phi) is 3.13. The second-order valence-corrected chi connectivity index (χ2v) is 8.08. The monoisotopic (exact) mass is 327 g/mol. The van der Waals surface area contributed by atoms with E-state index in [9.17, 15) is 19.1 Å². The molecule has 9 heteroatoms. The second-order valence-electron chi connectivity index (χ2n) is 5.75. The Labute approximate surface area is 126 Å². The molecule has 22 heavy (non-hydrogen) atoms. The first-order chi connectivity index (χ1) is 10.5. The molecule has 2 saturated heterocycles. The van der Waals surface area contributed by atoms with E-state index in [1.165, 1.54) is 6.07 Å². The lowest BCUT2D eigenvalue weighted by Crippen LogP contribution is -2.11. The highest BCUT2D eigenvalue weighted by Gasteiger charge is 2.51. The lowest BCUT2D eigenvalue weighted by Gasteiger charge is -2.24. The Hall–Kier alpha value is -1.34. The third-order valence-electron chi connectivity index (χ3n) is 4.29. The Balaban J connectivity index is 1.63. The summed E-state index contributed by atoms with van der Waals surface area (Å²) in [5, 5.41) is 10.8. The minimum absolute atomic E-state index is 0.322. The summed E-state index contributed by atoms with van der Waals surface area (Å²) in [4.78, 5) is 10.1. The minimum atomic E-state index is -2.98. The molecule has 4 rings (SSSR count). The molecule has 1 unspecified atom stereocenters. The average molecular weight is 327 g/mol. The normalized spacial score (nSPS) is 24.3. The fourth-order valence-electron chi connectivity index (χ4n) is 2.93. The summed E-state index contributed by atoms with van der Waals surface area (Å²) in [6.45, 7) is 3.01. The van der Waals surface area contributed by atoms with E-state index in [4.69, 9.17) is 4.52 Å². The van der Waals surface area contributed by atoms with E-state index in [-0.39, 0.29) is 0 Å². The molecule has 1 aromatic rings. The maximum Gasteiger partial charge on any atom is 0.346 e. The summed E-state index contributed by atoms with van der Waals surface area (Å²) in [5.74, 6) is -0.790. The summed E-state index contributed by atoms with van der Waals surface area (Å²) in [7, 11) is -2.98. The van der Waals surface area contributed by atoms with E-state index in [1.54, 1.807) is 9.34 Å². The molecule has 3 aliphatic rings. The number of nitrogens with zero attached hydrogens (tertiary/aromatic N) is 3. The van der Waals surface area contributed by atoms with Crippen LogP contribution in [0.4, 0.5) is 10.1 Å². The van der Waals surface area contributed by atoms with Crippen molar-refractivity contribution in [2.24, 2.45) is 0 Å². The fourth-order valence-corrected chi connectivity index (χ4v) is 5.30. The molecule has 0 radical (unpaired) electrons. The molecule has 2 aliphatic heterocycles. The third kappa shape index (κ3) is 2.18. The van der Waals surface area contributed by atoms with Gasteiger partial charge in [0.25, 0.3) is 0 Å². The van der Waals surface area contributed by atoms with E-state index in [2.05, 4.69) is 0 Å². The predicted molar refractivity (Wildman–Crippen MR) is 76.0 cm³/mol. The first-order valence-electron chi connectivity index (χ1n) is 7.25. The lowest BCUT2D eigenvalue weighted by molar-refractivity contribution is -0.387. The Bertz CT molecular complexity index is 689. The lowest BCUT2D eigenvalue weighted by atomic mass is 10.1. The molecule has 0 spiro atoms. The van der Waals surface area contributed by atoms with Crippen LogP contribution in [0.3, 0.4) is 0 Å². The van der Waals surface area contributed by atoms with Crippen LogP contribution < -0.4 is 0 Å². The van der Waals surface area contributed by atoms with Crippen molar-refractivity contribution in [3.8, 4) is 0 Å². The van der Waals surface area contributed by atoms with Crippen LogP contribution in [0, 0.1) is 15.9 Å². The first-order valence-corrected chi connectivity index (χ1v) is 8.78. The third-order valence-corrected chi connectivity index (χ3v) is 7.04. The van der Waals surface area contributed by atoms with Gasteiger partial charge in [-0.2, -0.15) is 4.39 Å². The van der Waals surface area contributed by atoms with Crippen molar-refractivity contribution in [1.82, 2.24) is 9.34 Å². The van der Waals surface area contributed by atoms with Crippen LogP contribution in [-0.4, -0.2) is 40.4 Å². The zero-order chi connectivity index (χ0) is 15.5. The largest absolute Gasteiger partial charge is 0.346 e. The Morgan fingerprint density at radius 3 is 2.45 bits per heavy atom. The van der Waals surface area contributed by atoms with Gasteiger partial charge in [-0.15, -0.1) is 0 Å². The quantitative estimate of drug-likeness (QED) is 0.358. The maximum atomic E-state index is 14.2. The van der Waals surface area contributed by atoms with E-state index in [0.29, 0.717) is 24.0 Å². The van der Waals surface area contributed by atoms with Gasteiger partial charge in [0.1, 0.15) is 0 Å². The summed E-state index contributed by atoms with van der Waals surface area (Å²) in [6.07, 6.45) is 0.407. The van der Waals surface area contributed by atoms with E-state index >= 15 is 0 Å². The predicted octanol–water partition coefficient (Wildman–Crippen LogP) is 2.48. The number of halogens is 1. The van der Waals surface area contributed by atoms with E-state index in [0.717, 1.165) is 32.2 Å². The number of hydrogen-bond acceptors (Lipinski definition) is 4. The molecule has 1 aliphatic carbocycles. The van der Waals surface area contributed by atoms with Crippen molar-refractivity contribution in [2.75, 3.05) is 26.2 Å². The summed E-state index contributed by atoms with van der Waals surface area (Å²) >= 11 is 0. The van der Waals surface area contributed by atoms with Crippen LogP contribution in [0.2, 0.25) is 0 Å². The van der Waals surface area contributed by atoms with Crippen LogP contribution in [-0.2, 0) is 15.5 Å². The minimum Gasteiger partial charge on any atom is -0.298 e. The van der Waals surface area contributed by atoms with Gasteiger partial charge in [0.2, 0.25) is 5.82 Å². The number of nitro benzene ring substituents is 1. The molecule has 0 bridgehead atoms. The number of hydrogen-bond donors (Lipinski definition) is 0. The number of fused-ring (bicyclic) bond motifs is 1. The number of benzene rings is 1. The van der Waals surface area contributed by atoms with Gasteiger partial charge >= 0.3 is 13.4 Å². The molecule has 0 amide bonds. The summed E-state index contributed by atoms with van der Waals surface area (Å²) in [6, 6.07) is 2.69. The molecule has 1 atom stereocenters. The Morgan fingerprint density at radius 2 is 1.91 bits per heavy atom.